The van der Waals surface area contributed by atoms with Crippen molar-refractivity contribution in [3.63, 3.8) is 0 Å². The van der Waals surface area contributed by atoms with Crippen LogP contribution >= 0.6 is 0 Å². The molecule has 1 aliphatic rings. The van der Waals surface area contributed by atoms with Gasteiger partial charge in [-0.2, -0.15) is 0 Å². The molecule has 0 aromatic rings. The van der Waals surface area contributed by atoms with Gasteiger partial charge in [-0.25, -0.2) is 0 Å². The summed E-state index contributed by atoms with van der Waals surface area (Å²) in [6.45, 7) is 7.44. The zero-order chi connectivity index (χ0) is 8.10. The first-order valence-corrected chi connectivity index (χ1v) is 4.05. The molecule has 0 N–H and O–H groups in total. The molecule has 1 rings (SSSR count). The average Bonchev–Trinajstić information content (AvgIpc) is 2.03. The molecule has 1 aliphatic heterocycles. The predicted octanol–water partition coefficient (Wildman–Crippen LogP) is 1.81. The molecular weight excluding hydrogens is 138 g/mol. The Bertz CT molecular complexity index is 157. The quantitative estimate of drug-likeness (QED) is 0.554. The molecule has 0 aromatic heterocycles. The highest BCUT2D eigenvalue weighted by atomic mass is 16.5. The van der Waals surface area contributed by atoms with Crippen LogP contribution in [0.5, 0.6) is 0 Å². The molecule has 0 atom stereocenters. The lowest BCUT2D eigenvalue weighted by atomic mass is 10.1. The summed E-state index contributed by atoms with van der Waals surface area (Å²) in [6, 6.07) is 0.473. The van der Waals surface area contributed by atoms with Gasteiger partial charge in [-0.15, -0.1) is 0 Å². The van der Waals surface area contributed by atoms with Crippen LogP contribution in [-0.4, -0.2) is 25.5 Å². The zero-order valence-electron chi connectivity index (χ0n) is 7.05. The number of hydrogen-bond acceptors (Lipinski definition) is 2. The van der Waals surface area contributed by atoms with Gasteiger partial charge in [0.25, 0.3) is 0 Å². The minimum atomic E-state index is 0.473. The molecule has 0 aliphatic carbocycles. The van der Waals surface area contributed by atoms with E-state index in [2.05, 4.69) is 11.6 Å². The molecule has 11 heavy (non-hydrogen) atoms. The number of hydrogen-bond donors (Lipinski definition) is 0. The maximum atomic E-state index is 5.21. The predicted molar refractivity (Wildman–Crippen MR) is 47.1 cm³/mol. The lowest BCUT2D eigenvalue weighted by Gasteiger charge is -2.17. The van der Waals surface area contributed by atoms with Crippen molar-refractivity contribution in [2.45, 2.75) is 25.8 Å². The fourth-order valence-electron chi connectivity index (χ4n) is 1.07. The lowest BCUT2D eigenvalue weighted by molar-refractivity contribution is 0.0872. The number of rotatable bonds is 2. The Labute approximate surface area is 68.0 Å². The second kappa shape index (κ2) is 4.29. The van der Waals surface area contributed by atoms with E-state index < -0.39 is 0 Å². The van der Waals surface area contributed by atoms with Gasteiger partial charge in [0.15, 0.2) is 0 Å². The van der Waals surface area contributed by atoms with Crippen LogP contribution in [0.4, 0.5) is 0 Å². The molecule has 1 heterocycles. The van der Waals surface area contributed by atoms with Crippen LogP contribution in [0, 0.1) is 0 Å². The molecule has 0 radical (unpaired) electrons. The standard InChI is InChI=1S/C9H15NO/c1-8(2)7-10-9-3-5-11-6-4-9/h7,9H,1,3-6H2,2H3. The second-order valence-electron chi connectivity index (χ2n) is 2.97. The average molecular weight is 153 g/mol. The van der Waals surface area contributed by atoms with Crippen LogP contribution in [0.2, 0.25) is 0 Å². The normalized spacial score (nSPS) is 20.8. The molecule has 2 nitrogen and oxygen atoms in total. The van der Waals surface area contributed by atoms with Gasteiger partial charge < -0.3 is 4.74 Å². The van der Waals surface area contributed by atoms with Crippen LogP contribution in [0.1, 0.15) is 19.8 Å². The highest BCUT2D eigenvalue weighted by molar-refractivity contribution is 5.76. The third-order valence-electron chi connectivity index (χ3n) is 1.70. The Hall–Kier alpha value is -0.630. The summed E-state index contributed by atoms with van der Waals surface area (Å²) in [7, 11) is 0. The maximum absolute atomic E-state index is 5.21. The van der Waals surface area contributed by atoms with Gasteiger partial charge in [0.2, 0.25) is 0 Å². The van der Waals surface area contributed by atoms with Crippen LogP contribution in [-0.2, 0) is 4.74 Å². The first kappa shape index (κ1) is 8.47. The fourth-order valence-corrected chi connectivity index (χ4v) is 1.07. The van der Waals surface area contributed by atoms with Crippen molar-refractivity contribution in [3.05, 3.63) is 12.2 Å². The van der Waals surface area contributed by atoms with E-state index in [4.69, 9.17) is 4.74 Å². The summed E-state index contributed by atoms with van der Waals surface area (Å²) in [5, 5.41) is 0. The molecule has 0 amide bonds. The molecule has 1 saturated heterocycles. The van der Waals surface area contributed by atoms with Crippen LogP contribution in [0.15, 0.2) is 17.1 Å². The number of allylic oxidation sites excluding steroid dienone is 1. The number of nitrogens with zero attached hydrogens (tertiary/aromatic N) is 1. The Kier molecular flexibility index (Phi) is 3.30. The van der Waals surface area contributed by atoms with Gasteiger partial charge in [-0.05, 0) is 25.3 Å². The minimum Gasteiger partial charge on any atom is -0.381 e. The van der Waals surface area contributed by atoms with E-state index in [0.717, 1.165) is 31.6 Å². The summed E-state index contributed by atoms with van der Waals surface area (Å²) in [4.78, 5) is 4.38. The van der Waals surface area contributed by atoms with Gasteiger partial charge in [0.05, 0.1) is 6.04 Å². The summed E-state index contributed by atoms with van der Waals surface area (Å²) in [6.07, 6.45) is 3.98. The second-order valence-corrected chi connectivity index (χ2v) is 2.97. The van der Waals surface area contributed by atoms with Gasteiger partial charge in [0, 0.05) is 19.4 Å². The molecule has 62 valence electrons. The Morgan fingerprint density at radius 1 is 1.55 bits per heavy atom. The molecule has 0 bridgehead atoms. The smallest absolute Gasteiger partial charge is 0.0543 e. The molecular formula is C9H15NO. The third-order valence-corrected chi connectivity index (χ3v) is 1.70. The highest BCUT2D eigenvalue weighted by Gasteiger charge is 2.10. The van der Waals surface area contributed by atoms with Crippen molar-refractivity contribution < 1.29 is 4.74 Å². The van der Waals surface area contributed by atoms with Crippen LogP contribution < -0.4 is 0 Å². The summed E-state index contributed by atoms with van der Waals surface area (Å²) in [5.74, 6) is 0. The lowest BCUT2D eigenvalue weighted by Crippen LogP contribution is -2.18. The monoisotopic (exact) mass is 153 g/mol. The number of ether oxygens (including phenoxy) is 1. The molecule has 0 aromatic carbocycles. The van der Waals surface area contributed by atoms with Crippen molar-refractivity contribution in [3.8, 4) is 0 Å². The van der Waals surface area contributed by atoms with Gasteiger partial charge in [0.1, 0.15) is 0 Å². The Morgan fingerprint density at radius 3 is 2.73 bits per heavy atom. The van der Waals surface area contributed by atoms with Gasteiger partial charge >= 0.3 is 0 Å². The number of aliphatic imine (C=N–C) groups is 1. The van der Waals surface area contributed by atoms with E-state index in [0.29, 0.717) is 6.04 Å². The highest BCUT2D eigenvalue weighted by Crippen LogP contribution is 2.09. The minimum absolute atomic E-state index is 0.473. The molecule has 0 spiro atoms. The van der Waals surface area contributed by atoms with Gasteiger partial charge in [-0.3, -0.25) is 4.99 Å². The Morgan fingerprint density at radius 2 is 2.18 bits per heavy atom. The van der Waals surface area contributed by atoms with Crippen LogP contribution in [0.3, 0.4) is 0 Å². The van der Waals surface area contributed by atoms with Crippen molar-refractivity contribution in [2.75, 3.05) is 13.2 Å². The van der Waals surface area contributed by atoms with E-state index >= 15 is 0 Å². The van der Waals surface area contributed by atoms with E-state index in [9.17, 15) is 0 Å². The van der Waals surface area contributed by atoms with E-state index in [1.165, 1.54) is 0 Å². The molecule has 2 heteroatoms. The van der Waals surface area contributed by atoms with Crippen molar-refractivity contribution in [1.82, 2.24) is 0 Å². The van der Waals surface area contributed by atoms with E-state index in [-0.39, 0.29) is 0 Å². The van der Waals surface area contributed by atoms with Crippen molar-refractivity contribution in [1.29, 1.82) is 0 Å². The fraction of sp³-hybridized carbons (Fsp3) is 0.667. The largest absolute Gasteiger partial charge is 0.381 e. The van der Waals surface area contributed by atoms with Crippen LogP contribution in [0.25, 0.3) is 0 Å². The SMILES string of the molecule is C=C(C)C=NC1CCOCC1. The topological polar surface area (TPSA) is 21.6 Å². The zero-order valence-corrected chi connectivity index (χ0v) is 7.05. The first-order chi connectivity index (χ1) is 5.29. The third kappa shape index (κ3) is 3.33. The Balaban J connectivity index is 2.29. The van der Waals surface area contributed by atoms with Crippen molar-refractivity contribution in [2.24, 2.45) is 4.99 Å². The van der Waals surface area contributed by atoms with E-state index in [1.807, 2.05) is 13.1 Å². The molecule has 0 unspecified atom stereocenters. The first-order valence-electron chi connectivity index (χ1n) is 4.05. The van der Waals surface area contributed by atoms with E-state index in [1.54, 1.807) is 0 Å². The molecule has 1 fully saturated rings. The molecule has 0 saturated carbocycles. The summed E-state index contributed by atoms with van der Waals surface area (Å²) >= 11 is 0. The summed E-state index contributed by atoms with van der Waals surface area (Å²) in [5.41, 5.74) is 1.02. The summed E-state index contributed by atoms with van der Waals surface area (Å²) < 4.78 is 5.21. The maximum Gasteiger partial charge on any atom is 0.0543 e. The van der Waals surface area contributed by atoms with Crippen molar-refractivity contribution >= 4 is 6.21 Å². The van der Waals surface area contributed by atoms with Gasteiger partial charge in [-0.1, -0.05) is 6.58 Å².